The van der Waals surface area contributed by atoms with Crippen LogP contribution in [-0.4, -0.2) is 13.2 Å². The number of ether oxygens (including phenoxy) is 1. The van der Waals surface area contributed by atoms with Crippen molar-refractivity contribution in [2.24, 2.45) is 5.73 Å². The van der Waals surface area contributed by atoms with Crippen LogP contribution in [0.2, 0.25) is 0 Å². The average Bonchev–Trinajstić information content (AvgIpc) is 2.40. The van der Waals surface area contributed by atoms with E-state index in [0.29, 0.717) is 0 Å². The van der Waals surface area contributed by atoms with Gasteiger partial charge in [-0.3, -0.25) is 0 Å². The molecule has 64 valence electrons. The molecular weight excluding hydrogens is 150 g/mol. The summed E-state index contributed by atoms with van der Waals surface area (Å²) in [7, 11) is 1.71. The maximum atomic E-state index is 5.91. The third-order valence-electron chi connectivity index (χ3n) is 2.46. The highest BCUT2D eigenvalue weighted by Gasteiger charge is 2.28. The number of nitrogens with two attached hydrogens (primary N) is 1. The van der Waals surface area contributed by atoms with Gasteiger partial charge in [-0.15, -0.1) is 0 Å². The molecule has 0 spiro atoms. The van der Waals surface area contributed by atoms with Crippen molar-refractivity contribution in [3.05, 3.63) is 35.4 Å². The van der Waals surface area contributed by atoms with Gasteiger partial charge in [0.05, 0.1) is 6.10 Å². The molecule has 0 amide bonds. The molecule has 2 rings (SSSR count). The molecule has 1 aliphatic carbocycles. The monoisotopic (exact) mass is 163 g/mol. The molecule has 0 saturated carbocycles. The fourth-order valence-electron chi connectivity index (χ4n) is 1.89. The summed E-state index contributed by atoms with van der Waals surface area (Å²) < 4.78 is 5.32. The lowest BCUT2D eigenvalue weighted by molar-refractivity contribution is 0.0903. The maximum absolute atomic E-state index is 5.91. The largest absolute Gasteiger partial charge is 0.375 e. The summed E-state index contributed by atoms with van der Waals surface area (Å²) in [5, 5.41) is 0. The lowest BCUT2D eigenvalue weighted by Gasteiger charge is -2.13. The van der Waals surface area contributed by atoms with Crippen LogP contribution in [0.1, 0.15) is 17.2 Å². The minimum atomic E-state index is 0.0983. The SMILES string of the molecule is CO[C@H]1c2ccccc2C[C@H]1N. The second-order valence-corrected chi connectivity index (χ2v) is 3.22. The van der Waals surface area contributed by atoms with E-state index in [2.05, 4.69) is 12.1 Å². The fourth-order valence-corrected chi connectivity index (χ4v) is 1.89. The number of hydrogen-bond donors (Lipinski definition) is 1. The van der Waals surface area contributed by atoms with Crippen LogP contribution in [0.5, 0.6) is 0 Å². The molecule has 0 heterocycles. The van der Waals surface area contributed by atoms with Gasteiger partial charge < -0.3 is 10.5 Å². The van der Waals surface area contributed by atoms with Crippen molar-refractivity contribution >= 4 is 0 Å². The third-order valence-corrected chi connectivity index (χ3v) is 2.46. The summed E-state index contributed by atoms with van der Waals surface area (Å²) in [5.74, 6) is 0. The zero-order valence-electron chi connectivity index (χ0n) is 7.16. The number of benzene rings is 1. The van der Waals surface area contributed by atoms with Crippen molar-refractivity contribution in [2.75, 3.05) is 7.11 Å². The Hall–Kier alpha value is -0.860. The Kier molecular flexibility index (Phi) is 1.87. The van der Waals surface area contributed by atoms with Gasteiger partial charge in [0.1, 0.15) is 0 Å². The molecule has 0 fully saturated rings. The van der Waals surface area contributed by atoms with E-state index in [0.717, 1.165) is 6.42 Å². The van der Waals surface area contributed by atoms with Gasteiger partial charge in [-0.05, 0) is 17.5 Å². The summed E-state index contributed by atoms with van der Waals surface area (Å²) in [4.78, 5) is 0. The minimum absolute atomic E-state index is 0.0983. The first-order valence-corrected chi connectivity index (χ1v) is 4.19. The molecule has 0 aromatic heterocycles. The Bertz CT molecular complexity index is 285. The standard InChI is InChI=1S/C10H13NO/c1-12-10-8-5-3-2-4-7(8)6-9(10)11/h2-5,9-10H,6,11H2,1H3/t9-,10+/m1/s1. The van der Waals surface area contributed by atoms with E-state index in [1.807, 2.05) is 12.1 Å². The first-order chi connectivity index (χ1) is 5.83. The van der Waals surface area contributed by atoms with Crippen LogP contribution in [-0.2, 0) is 11.2 Å². The second-order valence-electron chi connectivity index (χ2n) is 3.22. The highest BCUT2D eigenvalue weighted by Crippen LogP contribution is 2.32. The normalized spacial score (nSPS) is 27.2. The molecule has 12 heavy (non-hydrogen) atoms. The van der Waals surface area contributed by atoms with E-state index in [1.165, 1.54) is 11.1 Å². The Balaban J connectivity index is 2.40. The Labute approximate surface area is 72.3 Å². The first-order valence-electron chi connectivity index (χ1n) is 4.19. The van der Waals surface area contributed by atoms with Gasteiger partial charge in [0.25, 0.3) is 0 Å². The van der Waals surface area contributed by atoms with Gasteiger partial charge in [0, 0.05) is 13.2 Å². The molecule has 0 aliphatic heterocycles. The predicted molar refractivity (Wildman–Crippen MR) is 47.9 cm³/mol. The van der Waals surface area contributed by atoms with Gasteiger partial charge in [-0.2, -0.15) is 0 Å². The average molecular weight is 163 g/mol. The van der Waals surface area contributed by atoms with Gasteiger partial charge in [0.15, 0.2) is 0 Å². The molecule has 1 aliphatic rings. The van der Waals surface area contributed by atoms with E-state index in [1.54, 1.807) is 7.11 Å². The van der Waals surface area contributed by atoms with Crippen LogP contribution in [0.25, 0.3) is 0 Å². The van der Waals surface area contributed by atoms with Crippen molar-refractivity contribution in [3.8, 4) is 0 Å². The van der Waals surface area contributed by atoms with Crippen LogP contribution >= 0.6 is 0 Å². The summed E-state index contributed by atoms with van der Waals surface area (Å²) in [6, 6.07) is 8.42. The first kappa shape index (κ1) is 7.77. The number of methoxy groups -OCH3 is 1. The molecule has 1 aromatic carbocycles. The molecule has 0 bridgehead atoms. The quantitative estimate of drug-likeness (QED) is 0.676. The lowest BCUT2D eigenvalue weighted by Crippen LogP contribution is -2.25. The summed E-state index contributed by atoms with van der Waals surface area (Å²) in [6.45, 7) is 0. The van der Waals surface area contributed by atoms with E-state index >= 15 is 0 Å². The molecule has 2 nitrogen and oxygen atoms in total. The van der Waals surface area contributed by atoms with Crippen molar-refractivity contribution in [2.45, 2.75) is 18.6 Å². The fraction of sp³-hybridized carbons (Fsp3) is 0.400. The van der Waals surface area contributed by atoms with Crippen molar-refractivity contribution in [1.29, 1.82) is 0 Å². The van der Waals surface area contributed by atoms with Crippen LogP contribution in [0.4, 0.5) is 0 Å². The van der Waals surface area contributed by atoms with Gasteiger partial charge in [-0.1, -0.05) is 24.3 Å². The van der Waals surface area contributed by atoms with E-state index in [4.69, 9.17) is 10.5 Å². The van der Waals surface area contributed by atoms with E-state index < -0.39 is 0 Å². The smallest absolute Gasteiger partial charge is 0.0977 e. The third kappa shape index (κ3) is 1.04. The van der Waals surface area contributed by atoms with Crippen LogP contribution in [0, 0.1) is 0 Å². The second kappa shape index (κ2) is 2.88. The molecule has 2 N–H and O–H groups in total. The number of hydrogen-bond acceptors (Lipinski definition) is 2. The van der Waals surface area contributed by atoms with Crippen molar-refractivity contribution < 1.29 is 4.74 Å². The van der Waals surface area contributed by atoms with Crippen molar-refractivity contribution in [1.82, 2.24) is 0 Å². The van der Waals surface area contributed by atoms with Crippen LogP contribution in [0.15, 0.2) is 24.3 Å². The summed E-state index contributed by atoms with van der Waals surface area (Å²) in [5.41, 5.74) is 8.50. The maximum Gasteiger partial charge on any atom is 0.0977 e. The van der Waals surface area contributed by atoms with Crippen LogP contribution < -0.4 is 5.73 Å². The van der Waals surface area contributed by atoms with Gasteiger partial charge >= 0.3 is 0 Å². The molecule has 0 radical (unpaired) electrons. The molecular formula is C10H13NO. The molecule has 2 atom stereocenters. The zero-order valence-corrected chi connectivity index (χ0v) is 7.16. The van der Waals surface area contributed by atoms with Gasteiger partial charge in [0.2, 0.25) is 0 Å². The summed E-state index contributed by atoms with van der Waals surface area (Å²) in [6.07, 6.45) is 1.04. The van der Waals surface area contributed by atoms with Gasteiger partial charge in [-0.25, -0.2) is 0 Å². The van der Waals surface area contributed by atoms with Crippen molar-refractivity contribution in [3.63, 3.8) is 0 Å². The Morgan fingerprint density at radius 1 is 1.42 bits per heavy atom. The number of rotatable bonds is 1. The lowest BCUT2D eigenvalue weighted by atomic mass is 10.1. The highest BCUT2D eigenvalue weighted by atomic mass is 16.5. The Morgan fingerprint density at radius 3 is 2.92 bits per heavy atom. The summed E-state index contributed by atoms with van der Waals surface area (Å²) >= 11 is 0. The molecule has 2 heteroatoms. The number of fused-ring (bicyclic) bond motifs is 1. The van der Waals surface area contributed by atoms with E-state index in [9.17, 15) is 0 Å². The Morgan fingerprint density at radius 2 is 2.17 bits per heavy atom. The van der Waals surface area contributed by atoms with E-state index in [-0.39, 0.29) is 12.1 Å². The highest BCUT2D eigenvalue weighted by molar-refractivity contribution is 5.35. The van der Waals surface area contributed by atoms with Crippen LogP contribution in [0.3, 0.4) is 0 Å². The molecule has 0 unspecified atom stereocenters. The topological polar surface area (TPSA) is 35.2 Å². The predicted octanol–water partition coefficient (Wildman–Crippen LogP) is 1.26. The molecule has 0 saturated heterocycles. The zero-order chi connectivity index (χ0) is 8.55. The minimum Gasteiger partial charge on any atom is -0.375 e. The molecule has 1 aromatic rings.